The van der Waals surface area contributed by atoms with E-state index in [0.717, 1.165) is 43.1 Å². The third kappa shape index (κ3) is 4.59. The summed E-state index contributed by atoms with van der Waals surface area (Å²) in [5, 5.41) is 9.16. The summed E-state index contributed by atoms with van der Waals surface area (Å²) in [5.74, 6) is 0.887. The molecule has 0 bridgehead atoms. The first-order valence-corrected chi connectivity index (χ1v) is 10.3. The van der Waals surface area contributed by atoms with Crippen LogP contribution in [0.3, 0.4) is 0 Å². The van der Waals surface area contributed by atoms with Crippen molar-refractivity contribution < 1.29 is 14.1 Å². The maximum Gasteiger partial charge on any atom is 0.252 e. The molecule has 0 aromatic carbocycles. The number of carbonyl (C=O) groups is 1. The van der Waals surface area contributed by atoms with Gasteiger partial charge in [-0.25, -0.2) is 0 Å². The van der Waals surface area contributed by atoms with Crippen LogP contribution < -0.4 is 5.32 Å². The molecule has 0 aliphatic carbocycles. The van der Waals surface area contributed by atoms with E-state index >= 15 is 0 Å². The van der Waals surface area contributed by atoms with Crippen LogP contribution in [0.4, 0.5) is 0 Å². The number of nitrogens with one attached hydrogen (secondary N) is 1. The number of carbonyl (C=O) groups excluding carboxylic acids is 1. The van der Waals surface area contributed by atoms with Crippen LogP contribution in [0.25, 0.3) is 0 Å². The predicted octanol–water partition coefficient (Wildman–Crippen LogP) is 3.46. The van der Waals surface area contributed by atoms with Crippen LogP contribution in [-0.2, 0) is 24.2 Å². The molecule has 7 heteroatoms. The summed E-state index contributed by atoms with van der Waals surface area (Å²) in [7, 11) is 0. The Morgan fingerprint density at radius 1 is 1.44 bits per heavy atom. The van der Waals surface area contributed by atoms with Gasteiger partial charge < -0.3 is 14.6 Å². The number of aromatic nitrogens is 1. The van der Waals surface area contributed by atoms with Crippen molar-refractivity contribution in [3.8, 4) is 0 Å². The molecule has 0 radical (unpaired) electrons. The molecule has 0 saturated carbocycles. The third-order valence-corrected chi connectivity index (χ3v) is 5.97. The van der Waals surface area contributed by atoms with E-state index in [1.54, 1.807) is 11.3 Å². The first kappa shape index (κ1) is 20.0. The Morgan fingerprint density at radius 3 is 2.89 bits per heavy atom. The van der Waals surface area contributed by atoms with E-state index in [2.05, 4.69) is 15.4 Å². The number of fused-ring (bicyclic) bond motifs is 1. The summed E-state index contributed by atoms with van der Waals surface area (Å²) in [5.41, 5.74) is 3.76. The molecule has 0 unspecified atom stereocenters. The van der Waals surface area contributed by atoms with Crippen LogP contribution in [-0.4, -0.2) is 41.3 Å². The van der Waals surface area contributed by atoms with Gasteiger partial charge in [0, 0.05) is 42.1 Å². The fourth-order valence-electron chi connectivity index (χ4n) is 3.43. The monoisotopic (exact) mass is 391 g/mol. The minimum atomic E-state index is -0.383. The maximum atomic E-state index is 12.8. The smallest absolute Gasteiger partial charge is 0.252 e. The Bertz CT molecular complexity index is 790. The van der Waals surface area contributed by atoms with Gasteiger partial charge in [-0.3, -0.25) is 9.69 Å². The Morgan fingerprint density at radius 2 is 2.22 bits per heavy atom. The van der Waals surface area contributed by atoms with Crippen LogP contribution in [0.1, 0.15) is 58.6 Å². The normalized spacial score (nSPS) is 15.0. The molecule has 0 saturated heterocycles. The zero-order valence-electron chi connectivity index (χ0n) is 16.8. The van der Waals surface area contributed by atoms with E-state index in [9.17, 15) is 4.79 Å². The number of amides is 1. The average molecular weight is 392 g/mol. The summed E-state index contributed by atoms with van der Waals surface area (Å²) in [6.45, 7) is 13.7. The fraction of sp³-hybridized carbons (Fsp3) is 0.600. The van der Waals surface area contributed by atoms with Crippen LogP contribution in [0.5, 0.6) is 0 Å². The first-order chi connectivity index (χ1) is 12.8. The maximum absolute atomic E-state index is 12.8. The van der Waals surface area contributed by atoms with Crippen LogP contribution >= 0.6 is 11.3 Å². The van der Waals surface area contributed by atoms with Crippen molar-refractivity contribution in [2.75, 3.05) is 19.8 Å². The van der Waals surface area contributed by atoms with Crippen LogP contribution in [0.2, 0.25) is 0 Å². The molecule has 6 nitrogen and oxygen atoms in total. The summed E-state index contributed by atoms with van der Waals surface area (Å²) >= 11 is 1.68. The predicted molar refractivity (Wildman–Crippen MR) is 106 cm³/mol. The molecule has 2 aromatic rings. The van der Waals surface area contributed by atoms with Gasteiger partial charge in [0.05, 0.1) is 23.4 Å². The zero-order chi connectivity index (χ0) is 19.6. The van der Waals surface area contributed by atoms with Gasteiger partial charge in [0.15, 0.2) is 0 Å². The topological polar surface area (TPSA) is 67.6 Å². The SMILES string of the molecule is CCOCC(C)(C)NC(=O)c1csc2c1CCN(Cc1c(C)noc1C)C2. The number of hydrogen-bond donors (Lipinski definition) is 1. The second kappa shape index (κ2) is 8.12. The van der Waals surface area contributed by atoms with E-state index in [1.165, 1.54) is 16.0 Å². The lowest BCUT2D eigenvalue weighted by Gasteiger charge is -2.28. The Balaban J connectivity index is 1.67. The number of hydrogen-bond acceptors (Lipinski definition) is 6. The summed E-state index contributed by atoms with van der Waals surface area (Å²) < 4.78 is 10.8. The van der Waals surface area contributed by atoms with E-state index < -0.39 is 0 Å². The van der Waals surface area contributed by atoms with E-state index in [4.69, 9.17) is 9.26 Å². The lowest BCUT2D eigenvalue weighted by atomic mass is 10.0. The minimum Gasteiger partial charge on any atom is -0.379 e. The Labute approximate surface area is 164 Å². The second-order valence-corrected chi connectivity index (χ2v) is 8.75. The Kier molecular flexibility index (Phi) is 6.03. The number of aryl methyl sites for hydroxylation is 2. The highest BCUT2D eigenvalue weighted by molar-refractivity contribution is 7.10. The van der Waals surface area contributed by atoms with Gasteiger partial charge in [0.25, 0.3) is 5.91 Å². The highest BCUT2D eigenvalue weighted by atomic mass is 32.1. The van der Waals surface area contributed by atoms with Gasteiger partial charge in [0.1, 0.15) is 5.76 Å². The number of rotatable bonds is 7. The highest BCUT2D eigenvalue weighted by Crippen LogP contribution is 2.30. The molecule has 148 valence electrons. The number of nitrogens with zero attached hydrogens (tertiary/aromatic N) is 2. The quantitative estimate of drug-likeness (QED) is 0.783. The van der Waals surface area contributed by atoms with Gasteiger partial charge in [0.2, 0.25) is 0 Å². The number of ether oxygens (including phenoxy) is 1. The standard InChI is InChI=1S/C20H29N3O3S/c1-6-25-12-20(4,5)21-19(24)17-11-27-18-10-23(8-7-15(17)18)9-16-13(2)22-26-14(16)3/h11H,6-10,12H2,1-5H3,(H,21,24). The van der Waals surface area contributed by atoms with Crippen molar-refractivity contribution in [1.82, 2.24) is 15.4 Å². The molecule has 0 spiro atoms. The Hall–Kier alpha value is -1.70. The van der Waals surface area contributed by atoms with Gasteiger partial charge in [-0.15, -0.1) is 11.3 Å². The molecule has 1 aliphatic heterocycles. The van der Waals surface area contributed by atoms with E-state index in [0.29, 0.717) is 13.2 Å². The van der Waals surface area contributed by atoms with Crippen molar-refractivity contribution in [2.45, 2.75) is 59.7 Å². The molecule has 27 heavy (non-hydrogen) atoms. The lowest BCUT2D eigenvalue weighted by Crippen LogP contribution is -2.47. The summed E-state index contributed by atoms with van der Waals surface area (Å²) in [4.78, 5) is 16.5. The highest BCUT2D eigenvalue weighted by Gasteiger charge is 2.28. The first-order valence-electron chi connectivity index (χ1n) is 9.44. The average Bonchev–Trinajstić information content (AvgIpc) is 3.17. The van der Waals surface area contributed by atoms with E-state index in [-0.39, 0.29) is 11.4 Å². The minimum absolute atomic E-state index is 0.00336. The van der Waals surface area contributed by atoms with E-state index in [1.807, 2.05) is 40.0 Å². The molecule has 1 aliphatic rings. The molecule has 2 aromatic heterocycles. The third-order valence-electron chi connectivity index (χ3n) is 4.95. The molecule has 1 N–H and O–H groups in total. The molecule has 0 atom stereocenters. The van der Waals surface area contributed by atoms with Crippen molar-refractivity contribution in [3.63, 3.8) is 0 Å². The van der Waals surface area contributed by atoms with Crippen molar-refractivity contribution in [3.05, 3.63) is 38.4 Å². The van der Waals surface area contributed by atoms with Crippen LogP contribution in [0, 0.1) is 13.8 Å². The van der Waals surface area contributed by atoms with Crippen LogP contribution in [0.15, 0.2) is 9.90 Å². The lowest BCUT2D eigenvalue weighted by molar-refractivity contribution is 0.0724. The largest absolute Gasteiger partial charge is 0.379 e. The van der Waals surface area contributed by atoms with Gasteiger partial charge in [-0.05, 0) is 46.6 Å². The van der Waals surface area contributed by atoms with Crippen molar-refractivity contribution in [1.29, 1.82) is 0 Å². The molecular formula is C20H29N3O3S. The summed E-state index contributed by atoms with van der Waals surface area (Å²) in [6.07, 6.45) is 0.886. The van der Waals surface area contributed by atoms with Crippen molar-refractivity contribution >= 4 is 17.2 Å². The molecule has 0 fully saturated rings. The number of thiophene rings is 1. The zero-order valence-corrected chi connectivity index (χ0v) is 17.7. The van der Waals surface area contributed by atoms with Gasteiger partial charge in [-0.2, -0.15) is 0 Å². The van der Waals surface area contributed by atoms with Gasteiger partial charge in [-0.1, -0.05) is 5.16 Å². The molecular weight excluding hydrogens is 362 g/mol. The molecule has 3 rings (SSSR count). The molecule has 1 amide bonds. The summed E-state index contributed by atoms with van der Waals surface area (Å²) in [6, 6.07) is 0. The van der Waals surface area contributed by atoms with Gasteiger partial charge >= 0.3 is 0 Å². The van der Waals surface area contributed by atoms with Crippen molar-refractivity contribution in [2.24, 2.45) is 0 Å². The molecule has 3 heterocycles. The second-order valence-electron chi connectivity index (χ2n) is 7.79. The fourth-order valence-corrected chi connectivity index (χ4v) is 4.55.